The summed E-state index contributed by atoms with van der Waals surface area (Å²) in [5.41, 5.74) is 6.12. The zero-order valence-electron chi connectivity index (χ0n) is 14.4. The van der Waals surface area contributed by atoms with Gasteiger partial charge in [0.1, 0.15) is 0 Å². The number of amides is 2. The molecule has 0 spiro atoms. The number of nitrogens with zero attached hydrogens (tertiary/aromatic N) is 1. The van der Waals surface area contributed by atoms with Crippen molar-refractivity contribution in [1.82, 2.24) is 10.2 Å². The highest BCUT2D eigenvalue weighted by atomic mass is 16.5. The summed E-state index contributed by atoms with van der Waals surface area (Å²) < 4.78 is 10.4. The third kappa shape index (κ3) is 4.17. The van der Waals surface area contributed by atoms with Crippen LogP contribution in [0.15, 0.2) is 18.2 Å². The van der Waals surface area contributed by atoms with E-state index in [0.717, 1.165) is 12.8 Å². The minimum atomic E-state index is -0.517. The molecule has 1 aliphatic heterocycles. The van der Waals surface area contributed by atoms with E-state index in [0.29, 0.717) is 30.2 Å². The number of nitrogens with two attached hydrogens (primary N) is 1. The van der Waals surface area contributed by atoms with E-state index in [1.807, 2.05) is 0 Å². The van der Waals surface area contributed by atoms with E-state index in [2.05, 4.69) is 5.32 Å². The molecule has 0 aliphatic carbocycles. The molecule has 7 heteroatoms. The molecular weight excluding hydrogens is 310 g/mol. The number of nitrogens with one attached hydrogen (secondary N) is 1. The summed E-state index contributed by atoms with van der Waals surface area (Å²) >= 11 is 0. The Bertz CT molecular complexity index is 595. The quantitative estimate of drug-likeness (QED) is 0.829. The SMILES string of the molecule is COc1ccc(C(=O)N2CCC(NC(=O)[C@@H](C)N)CC2)cc1OC. The average molecular weight is 335 g/mol. The molecule has 1 aliphatic rings. The van der Waals surface area contributed by atoms with Crippen LogP contribution in [0.4, 0.5) is 0 Å². The Morgan fingerprint density at radius 3 is 2.38 bits per heavy atom. The number of hydrogen-bond acceptors (Lipinski definition) is 5. The van der Waals surface area contributed by atoms with Crippen molar-refractivity contribution < 1.29 is 19.1 Å². The van der Waals surface area contributed by atoms with Crippen LogP contribution < -0.4 is 20.5 Å². The lowest BCUT2D eigenvalue weighted by atomic mass is 10.0. The fourth-order valence-corrected chi connectivity index (χ4v) is 2.71. The second kappa shape index (κ2) is 8.01. The Balaban J connectivity index is 1.96. The lowest BCUT2D eigenvalue weighted by Gasteiger charge is -2.32. The minimum absolute atomic E-state index is 0.0482. The van der Waals surface area contributed by atoms with Crippen LogP contribution in [0.25, 0.3) is 0 Å². The van der Waals surface area contributed by atoms with Gasteiger partial charge in [-0.1, -0.05) is 0 Å². The van der Waals surface area contributed by atoms with Crippen LogP contribution in [-0.4, -0.2) is 56.1 Å². The number of ether oxygens (including phenoxy) is 2. The van der Waals surface area contributed by atoms with Crippen molar-refractivity contribution in [2.45, 2.75) is 31.8 Å². The lowest BCUT2D eigenvalue weighted by molar-refractivity contribution is -0.122. The van der Waals surface area contributed by atoms with Gasteiger partial charge >= 0.3 is 0 Å². The number of carbonyl (C=O) groups is 2. The average Bonchev–Trinajstić information content (AvgIpc) is 2.61. The zero-order chi connectivity index (χ0) is 17.7. The van der Waals surface area contributed by atoms with Gasteiger partial charge in [0.05, 0.1) is 20.3 Å². The van der Waals surface area contributed by atoms with Gasteiger partial charge < -0.3 is 25.4 Å². The Hall–Kier alpha value is -2.28. The van der Waals surface area contributed by atoms with Gasteiger partial charge in [0.2, 0.25) is 5.91 Å². The number of piperidine rings is 1. The van der Waals surface area contributed by atoms with E-state index in [9.17, 15) is 9.59 Å². The maximum absolute atomic E-state index is 12.6. The third-order valence-electron chi connectivity index (χ3n) is 4.17. The molecule has 0 aromatic heterocycles. The van der Waals surface area contributed by atoms with Crippen LogP contribution in [-0.2, 0) is 4.79 Å². The molecule has 0 bridgehead atoms. The van der Waals surface area contributed by atoms with Gasteiger partial charge in [0.15, 0.2) is 11.5 Å². The summed E-state index contributed by atoms with van der Waals surface area (Å²) in [5.74, 6) is 0.918. The summed E-state index contributed by atoms with van der Waals surface area (Å²) in [5, 5.41) is 2.91. The van der Waals surface area contributed by atoms with E-state index < -0.39 is 6.04 Å². The first kappa shape index (κ1) is 18.1. The fourth-order valence-electron chi connectivity index (χ4n) is 2.71. The first-order chi connectivity index (χ1) is 11.5. The molecule has 2 amide bonds. The van der Waals surface area contributed by atoms with Crippen molar-refractivity contribution in [2.75, 3.05) is 27.3 Å². The summed E-state index contributed by atoms with van der Waals surface area (Å²) in [6.45, 7) is 2.85. The van der Waals surface area contributed by atoms with Crippen LogP contribution in [0.3, 0.4) is 0 Å². The maximum Gasteiger partial charge on any atom is 0.253 e. The lowest BCUT2D eigenvalue weighted by Crippen LogP contribution is -2.49. The van der Waals surface area contributed by atoms with Crippen LogP contribution in [0.2, 0.25) is 0 Å². The fraction of sp³-hybridized carbons (Fsp3) is 0.529. The molecule has 132 valence electrons. The van der Waals surface area contributed by atoms with Crippen molar-refractivity contribution in [2.24, 2.45) is 5.73 Å². The Kier molecular flexibility index (Phi) is 6.03. The molecule has 1 aromatic rings. The predicted molar refractivity (Wildman–Crippen MR) is 90.3 cm³/mol. The van der Waals surface area contributed by atoms with Gasteiger partial charge in [-0.15, -0.1) is 0 Å². The van der Waals surface area contributed by atoms with Gasteiger partial charge in [-0.2, -0.15) is 0 Å². The van der Waals surface area contributed by atoms with E-state index in [4.69, 9.17) is 15.2 Å². The molecule has 1 heterocycles. The molecular formula is C17H25N3O4. The first-order valence-corrected chi connectivity index (χ1v) is 8.03. The molecule has 7 nitrogen and oxygen atoms in total. The third-order valence-corrected chi connectivity index (χ3v) is 4.17. The summed E-state index contributed by atoms with van der Waals surface area (Å²) in [7, 11) is 3.10. The molecule has 2 rings (SSSR count). The largest absolute Gasteiger partial charge is 0.493 e. The van der Waals surface area contributed by atoms with Crippen LogP contribution in [0.1, 0.15) is 30.1 Å². The molecule has 0 saturated carbocycles. The van der Waals surface area contributed by atoms with Crippen molar-refractivity contribution >= 4 is 11.8 Å². The molecule has 1 atom stereocenters. The smallest absolute Gasteiger partial charge is 0.253 e. The Labute approximate surface area is 142 Å². The first-order valence-electron chi connectivity index (χ1n) is 8.03. The topological polar surface area (TPSA) is 93.9 Å². The zero-order valence-corrected chi connectivity index (χ0v) is 14.4. The molecule has 0 radical (unpaired) electrons. The predicted octanol–water partition coefficient (Wildman–Crippen LogP) is 0.772. The maximum atomic E-state index is 12.6. The molecule has 1 aromatic carbocycles. The van der Waals surface area contributed by atoms with Gasteiger partial charge in [0, 0.05) is 24.7 Å². The number of benzene rings is 1. The number of rotatable bonds is 5. The molecule has 1 fully saturated rings. The van der Waals surface area contributed by atoms with Crippen molar-refractivity contribution in [3.05, 3.63) is 23.8 Å². The van der Waals surface area contributed by atoms with E-state index in [-0.39, 0.29) is 17.9 Å². The summed E-state index contributed by atoms with van der Waals surface area (Å²) in [4.78, 5) is 26.1. The second-order valence-electron chi connectivity index (χ2n) is 5.93. The molecule has 1 saturated heterocycles. The Morgan fingerprint density at radius 2 is 1.83 bits per heavy atom. The second-order valence-corrected chi connectivity index (χ2v) is 5.93. The number of methoxy groups -OCH3 is 2. The van der Waals surface area contributed by atoms with Crippen LogP contribution in [0, 0.1) is 0 Å². The van der Waals surface area contributed by atoms with Crippen molar-refractivity contribution in [1.29, 1.82) is 0 Å². The highest BCUT2D eigenvalue weighted by molar-refractivity contribution is 5.95. The van der Waals surface area contributed by atoms with Gasteiger partial charge in [-0.3, -0.25) is 9.59 Å². The van der Waals surface area contributed by atoms with E-state index in [1.165, 1.54) is 0 Å². The van der Waals surface area contributed by atoms with Crippen LogP contribution in [0.5, 0.6) is 11.5 Å². The van der Waals surface area contributed by atoms with Crippen molar-refractivity contribution in [3.8, 4) is 11.5 Å². The number of likely N-dealkylation sites (tertiary alicyclic amines) is 1. The van der Waals surface area contributed by atoms with E-state index in [1.54, 1.807) is 44.2 Å². The van der Waals surface area contributed by atoms with Crippen molar-refractivity contribution in [3.63, 3.8) is 0 Å². The highest BCUT2D eigenvalue weighted by Gasteiger charge is 2.25. The molecule has 3 N–H and O–H groups in total. The van der Waals surface area contributed by atoms with Gasteiger partial charge in [-0.05, 0) is 38.0 Å². The summed E-state index contributed by atoms with van der Waals surface area (Å²) in [6.07, 6.45) is 1.44. The molecule has 24 heavy (non-hydrogen) atoms. The van der Waals surface area contributed by atoms with Gasteiger partial charge in [-0.25, -0.2) is 0 Å². The number of hydrogen-bond donors (Lipinski definition) is 2. The Morgan fingerprint density at radius 1 is 1.21 bits per heavy atom. The monoisotopic (exact) mass is 335 g/mol. The number of carbonyl (C=O) groups excluding carboxylic acids is 2. The van der Waals surface area contributed by atoms with Crippen LogP contribution >= 0.6 is 0 Å². The summed E-state index contributed by atoms with van der Waals surface area (Å²) in [6, 6.07) is 4.69. The highest BCUT2D eigenvalue weighted by Crippen LogP contribution is 2.28. The normalized spacial score (nSPS) is 16.4. The standard InChI is InChI=1S/C17H25N3O4/c1-11(18)16(21)19-13-6-8-20(9-7-13)17(22)12-4-5-14(23-2)15(10-12)24-3/h4-5,10-11,13H,6-9,18H2,1-3H3,(H,19,21)/t11-/m1/s1. The molecule has 0 unspecified atom stereocenters. The van der Waals surface area contributed by atoms with E-state index >= 15 is 0 Å². The minimum Gasteiger partial charge on any atom is -0.493 e. The van der Waals surface area contributed by atoms with Gasteiger partial charge in [0.25, 0.3) is 5.91 Å².